The minimum Gasteiger partial charge on any atom is -0.314 e. The smallest absolute Gasteiger partial charge is 0.131 e. The summed E-state index contributed by atoms with van der Waals surface area (Å²) >= 11 is 0. The minimum atomic E-state index is -0.210. The molecule has 1 aromatic carbocycles. The van der Waals surface area contributed by atoms with Gasteiger partial charge in [-0.25, -0.2) is 4.39 Å². The first-order valence-corrected chi connectivity index (χ1v) is 7.76. The number of rotatable bonds is 3. The van der Waals surface area contributed by atoms with Crippen molar-refractivity contribution in [1.82, 2.24) is 15.2 Å². The van der Waals surface area contributed by atoms with Crippen LogP contribution in [0.15, 0.2) is 42.6 Å². The molecule has 116 valence electrons. The van der Waals surface area contributed by atoms with E-state index in [-0.39, 0.29) is 11.4 Å². The van der Waals surface area contributed by atoms with E-state index in [1.54, 1.807) is 18.3 Å². The van der Waals surface area contributed by atoms with Crippen LogP contribution in [0.5, 0.6) is 0 Å². The molecule has 0 amide bonds. The molecule has 0 bridgehead atoms. The first kappa shape index (κ1) is 15.1. The molecule has 1 N–H and O–H groups in total. The van der Waals surface area contributed by atoms with Gasteiger partial charge >= 0.3 is 0 Å². The molecule has 2 aromatic rings. The molecule has 0 unspecified atom stereocenters. The van der Waals surface area contributed by atoms with Gasteiger partial charge < -0.3 is 5.32 Å². The number of aromatic nitrogens is 1. The summed E-state index contributed by atoms with van der Waals surface area (Å²) in [5.74, 6) is -0.210. The molecule has 1 aliphatic rings. The number of nitrogens with zero attached hydrogens (tertiary/aromatic N) is 2. The molecular weight excluding hydrogens is 277 g/mol. The van der Waals surface area contributed by atoms with Crippen LogP contribution in [0.25, 0.3) is 11.1 Å². The second kappa shape index (κ2) is 6.15. The van der Waals surface area contributed by atoms with Gasteiger partial charge in [0.1, 0.15) is 5.82 Å². The minimum absolute atomic E-state index is 0.115. The Labute approximate surface area is 131 Å². The summed E-state index contributed by atoms with van der Waals surface area (Å²) in [7, 11) is 0. The van der Waals surface area contributed by atoms with Crippen molar-refractivity contribution in [3.8, 4) is 11.1 Å². The first-order valence-electron chi connectivity index (χ1n) is 7.76. The van der Waals surface area contributed by atoms with Crippen molar-refractivity contribution in [2.75, 3.05) is 26.2 Å². The topological polar surface area (TPSA) is 28.2 Å². The number of nitrogens with one attached hydrogen (secondary N) is 1. The van der Waals surface area contributed by atoms with Crippen LogP contribution in [0.2, 0.25) is 0 Å². The average molecular weight is 299 g/mol. The van der Waals surface area contributed by atoms with Crippen molar-refractivity contribution in [3.63, 3.8) is 0 Å². The molecule has 1 saturated heterocycles. The van der Waals surface area contributed by atoms with Crippen LogP contribution in [0.3, 0.4) is 0 Å². The number of piperazine rings is 1. The van der Waals surface area contributed by atoms with E-state index in [0.717, 1.165) is 37.4 Å². The molecular formula is C18H22FN3. The predicted octanol–water partition coefficient (Wildman–Crippen LogP) is 3.03. The molecule has 0 atom stereocenters. The van der Waals surface area contributed by atoms with Gasteiger partial charge in [-0.1, -0.05) is 24.3 Å². The van der Waals surface area contributed by atoms with Gasteiger partial charge in [0.2, 0.25) is 0 Å². The largest absolute Gasteiger partial charge is 0.314 e. The van der Waals surface area contributed by atoms with Gasteiger partial charge in [0.05, 0.1) is 11.2 Å². The molecule has 3 rings (SSSR count). The Bertz CT molecular complexity index is 631. The highest BCUT2D eigenvalue weighted by atomic mass is 19.1. The van der Waals surface area contributed by atoms with Gasteiger partial charge in [0.15, 0.2) is 0 Å². The van der Waals surface area contributed by atoms with Crippen LogP contribution in [-0.4, -0.2) is 36.1 Å². The summed E-state index contributed by atoms with van der Waals surface area (Å²) in [6.07, 6.45) is 1.78. The zero-order valence-electron chi connectivity index (χ0n) is 13.1. The summed E-state index contributed by atoms with van der Waals surface area (Å²) in [5, 5.41) is 3.37. The molecule has 0 radical (unpaired) electrons. The molecule has 0 saturated carbocycles. The number of benzene rings is 1. The highest BCUT2D eigenvalue weighted by molar-refractivity contribution is 5.63. The number of pyridine rings is 1. The lowest BCUT2D eigenvalue weighted by atomic mass is 9.95. The Hall–Kier alpha value is -1.78. The lowest BCUT2D eigenvalue weighted by molar-refractivity contribution is 0.0988. The second-order valence-corrected chi connectivity index (χ2v) is 6.21. The first-order chi connectivity index (χ1) is 10.6. The van der Waals surface area contributed by atoms with Gasteiger partial charge in [0, 0.05) is 43.5 Å². The van der Waals surface area contributed by atoms with Crippen molar-refractivity contribution in [2.45, 2.75) is 19.4 Å². The van der Waals surface area contributed by atoms with Crippen molar-refractivity contribution < 1.29 is 4.39 Å². The summed E-state index contributed by atoms with van der Waals surface area (Å²) in [6, 6.07) is 10.8. The third-order valence-corrected chi connectivity index (χ3v) is 4.48. The van der Waals surface area contributed by atoms with E-state index in [9.17, 15) is 4.39 Å². The van der Waals surface area contributed by atoms with Crippen molar-refractivity contribution in [1.29, 1.82) is 0 Å². The molecule has 1 aliphatic heterocycles. The third kappa shape index (κ3) is 2.89. The van der Waals surface area contributed by atoms with Gasteiger partial charge in [-0.05, 0) is 26.0 Å². The standard InChI is InChI=1S/C18H22FN3/c1-18(2,22-11-9-20-10-12-22)17-8-7-14(13-21-17)15-5-3-4-6-16(15)19/h3-8,13,20H,9-12H2,1-2H3. The van der Waals surface area contributed by atoms with Crippen molar-refractivity contribution in [3.05, 3.63) is 54.1 Å². The van der Waals surface area contributed by atoms with E-state index in [0.29, 0.717) is 5.56 Å². The fourth-order valence-electron chi connectivity index (χ4n) is 3.00. The normalized spacial score (nSPS) is 16.7. The van der Waals surface area contributed by atoms with Crippen LogP contribution in [0, 0.1) is 5.82 Å². The van der Waals surface area contributed by atoms with E-state index >= 15 is 0 Å². The van der Waals surface area contributed by atoms with E-state index in [1.165, 1.54) is 6.07 Å². The molecule has 1 fully saturated rings. The predicted molar refractivity (Wildman–Crippen MR) is 87.1 cm³/mol. The van der Waals surface area contributed by atoms with E-state index in [1.807, 2.05) is 18.2 Å². The van der Waals surface area contributed by atoms with Crippen LogP contribution in [0.4, 0.5) is 4.39 Å². The molecule has 0 spiro atoms. The lowest BCUT2D eigenvalue weighted by Crippen LogP contribution is -2.52. The molecule has 22 heavy (non-hydrogen) atoms. The lowest BCUT2D eigenvalue weighted by Gasteiger charge is -2.40. The maximum absolute atomic E-state index is 13.9. The second-order valence-electron chi connectivity index (χ2n) is 6.21. The Morgan fingerprint density at radius 1 is 1.09 bits per heavy atom. The summed E-state index contributed by atoms with van der Waals surface area (Å²) in [4.78, 5) is 7.05. The highest BCUT2D eigenvalue weighted by Gasteiger charge is 2.30. The van der Waals surface area contributed by atoms with Crippen LogP contribution in [0.1, 0.15) is 19.5 Å². The Morgan fingerprint density at radius 2 is 1.82 bits per heavy atom. The Kier molecular flexibility index (Phi) is 4.23. The summed E-state index contributed by atoms with van der Waals surface area (Å²) in [6.45, 7) is 8.45. The summed E-state index contributed by atoms with van der Waals surface area (Å²) < 4.78 is 13.9. The zero-order chi connectivity index (χ0) is 15.6. The number of hydrogen-bond acceptors (Lipinski definition) is 3. The highest BCUT2D eigenvalue weighted by Crippen LogP contribution is 2.28. The molecule has 4 heteroatoms. The fraction of sp³-hybridized carbons (Fsp3) is 0.389. The average Bonchev–Trinajstić information content (AvgIpc) is 2.56. The van der Waals surface area contributed by atoms with E-state index in [4.69, 9.17) is 0 Å². The van der Waals surface area contributed by atoms with Crippen molar-refractivity contribution in [2.24, 2.45) is 0 Å². The number of hydrogen-bond donors (Lipinski definition) is 1. The van der Waals surface area contributed by atoms with Crippen molar-refractivity contribution >= 4 is 0 Å². The van der Waals surface area contributed by atoms with Crippen LogP contribution < -0.4 is 5.32 Å². The maximum atomic E-state index is 13.9. The van der Waals surface area contributed by atoms with Gasteiger partial charge in [0.25, 0.3) is 0 Å². The van der Waals surface area contributed by atoms with Gasteiger partial charge in [-0.15, -0.1) is 0 Å². The SMILES string of the molecule is CC(C)(c1ccc(-c2ccccc2F)cn1)N1CCNCC1. The monoisotopic (exact) mass is 299 g/mol. The fourth-order valence-corrected chi connectivity index (χ4v) is 3.00. The quantitative estimate of drug-likeness (QED) is 0.944. The molecule has 3 nitrogen and oxygen atoms in total. The zero-order valence-corrected chi connectivity index (χ0v) is 13.1. The molecule has 0 aliphatic carbocycles. The maximum Gasteiger partial charge on any atom is 0.131 e. The van der Waals surface area contributed by atoms with Gasteiger partial charge in [-0.3, -0.25) is 9.88 Å². The molecule has 2 heterocycles. The number of halogens is 1. The summed E-state index contributed by atoms with van der Waals surface area (Å²) in [5.41, 5.74) is 2.32. The van der Waals surface area contributed by atoms with Gasteiger partial charge in [-0.2, -0.15) is 0 Å². The van der Waals surface area contributed by atoms with Crippen LogP contribution >= 0.6 is 0 Å². The molecule has 1 aromatic heterocycles. The van der Waals surface area contributed by atoms with E-state index < -0.39 is 0 Å². The van der Waals surface area contributed by atoms with Crippen LogP contribution in [-0.2, 0) is 5.54 Å². The third-order valence-electron chi connectivity index (χ3n) is 4.48. The Morgan fingerprint density at radius 3 is 2.45 bits per heavy atom. The Balaban J connectivity index is 1.86. The van der Waals surface area contributed by atoms with E-state index in [2.05, 4.69) is 29.0 Å².